The van der Waals surface area contributed by atoms with E-state index in [1.54, 1.807) is 24.3 Å². The van der Waals surface area contributed by atoms with Crippen molar-refractivity contribution in [3.63, 3.8) is 0 Å². The summed E-state index contributed by atoms with van der Waals surface area (Å²) in [5.41, 5.74) is 5.24. The normalized spacial score (nSPS) is 8.12. The fraction of sp³-hybridized carbons (Fsp3) is 0. The minimum Gasteiger partial charge on any atom is -1.00 e. The van der Waals surface area contributed by atoms with Crippen molar-refractivity contribution in [3.05, 3.63) is 23.5 Å². The molecule has 1 aromatic rings. The van der Waals surface area contributed by atoms with Crippen molar-refractivity contribution in [3.8, 4) is 12.1 Å². The molecule has 0 spiro atoms. The van der Waals surface area contributed by atoms with E-state index < -0.39 is 0 Å². The van der Waals surface area contributed by atoms with Gasteiger partial charge in [-0.2, -0.15) is 10.5 Å². The third-order valence-electron chi connectivity index (χ3n) is 1.35. The second kappa shape index (κ2) is 6.72. The van der Waals surface area contributed by atoms with Crippen molar-refractivity contribution in [1.29, 1.82) is 10.5 Å². The van der Waals surface area contributed by atoms with Crippen molar-refractivity contribution >= 4 is 23.0 Å². The van der Waals surface area contributed by atoms with Crippen molar-refractivity contribution in [1.82, 2.24) is 0 Å². The van der Waals surface area contributed by atoms with Gasteiger partial charge >= 0.3 is 5.17 Å². The average Bonchev–Trinajstić information content (AvgIpc) is 2.61. The van der Waals surface area contributed by atoms with E-state index in [2.05, 4.69) is 0 Å². The van der Waals surface area contributed by atoms with E-state index in [0.29, 0.717) is 10.9 Å². The van der Waals surface area contributed by atoms with Crippen LogP contribution in [0.25, 0.3) is 6.08 Å². The Bertz CT molecular complexity index is 478. The van der Waals surface area contributed by atoms with Gasteiger partial charge in [0.05, 0.1) is 0 Å². The first kappa shape index (κ1) is 14.3. The van der Waals surface area contributed by atoms with Gasteiger partial charge in [0.1, 0.15) is 23.5 Å². The zero-order valence-corrected chi connectivity index (χ0v) is 10.4. The number of nitrogens with two attached hydrogens (primary N) is 2. The highest BCUT2D eigenvalue weighted by Crippen LogP contribution is 2.20. The fourth-order valence-corrected chi connectivity index (χ4v) is 1.32. The SMILES string of the molecule is N#CC(C#N)=Cc1ccc(SC(N)=[NH2+])o1.[Br-]. The van der Waals surface area contributed by atoms with E-state index >= 15 is 0 Å². The Kier molecular flexibility index (Phi) is 6.01. The highest BCUT2D eigenvalue weighted by Gasteiger charge is 2.06. The molecule has 0 aliphatic carbocycles. The Morgan fingerprint density at radius 2 is 2.06 bits per heavy atom. The van der Waals surface area contributed by atoms with E-state index in [-0.39, 0.29) is 27.7 Å². The quantitative estimate of drug-likeness (QED) is 0.260. The molecule has 0 unspecified atom stereocenters. The summed E-state index contributed by atoms with van der Waals surface area (Å²) in [5.74, 6) is 0.414. The first-order chi connectivity index (χ1) is 7.15. The Morgan fingerprint density at radius 1 is 1.44 bits per heavy atom. The van der Waals surface area contributed by atoms with E-state index in [9.17, 15) is 0 Å². The lowest BCUT2D eigenvalue weighted by Crippen LogP contribution is -3.00. The molecular weight excluding hydrogens is 292 g/mol. The first-order valence-corrected chi connectivity index (χ1v) is 4.65. The van der Waals surface area contributed by atoms with Crippen LogP contribution < -0.4 is 28.1 Å². The summed E-state index contributed by atoms with van der Waals surface area (Å²) in [5, 5.41) is 23.0. The number of nitrogens with zero attached hydrogens (tertiary/aromatic N) is 2. The molecule has 0 amide bonds. The predicted molar refractivity (Wildman–Crippen MR) is 54.9 cm³/mol. The molecule has 1 aromatic heterocycles. The number of allylic oxidation sites excluding steroid dienone is 1. The van der Waals surface area contributed by atoms with Crippen LogP contribution >= 0.6 is 11.8 Å². The van der Waals surface area contributed by atoms with Crippen LogP contribution in [0.15, 0.2) is 27.2 Å². The minimum atomic E-state index is -0.0226. The number of rotatable bonds is 2. The average molecular weight is 299 g/mol. The highest BCUT2D eigenvalue weighted by molar-refractivity contribution is 8.13. The Hall–Kier alpha value is -1.70. The van der Waals surface area contributed by atoms with Crippen molar-refractivity contribution in [2.75, 3.05) is 0 Å². The molecule has 0 aromatic carbocycles. The van der Waals surface area contributed by atoms with Crippen LogP contribution in [0.1, 0.15) is 5.76 Å². The topological polar surface area (TPSA) is 112 Å². The summed E-state index contributed by atoms with van der Waals surface area (Å²) >= 11 is 1.07. The van der Waals surface area contributed by atoms with E-state index in [1.165, 1.54) is 6.08 Å². The molecule has 0 bridgehead atoms. The Balaban J connectivity index is 0.00000225. The maximum atomic E-state index is 8.51. The molecule has 0 aliphatic rings. The van der Waals surface area contributed by atoms with E-state index in [0.717, 1.165) is 11.8 Å². The van der Waals surface area contributed by atoms with Crippen molar-refractivity contribution < 1.29 is 26.8 Å². The molecule has 5 nitrogen and oxygen atoms in total. The lowest BCUT2D eigenvalue weighted by Gasteiger charge is -1.87. The highest BCUT2D eigenvalue weighted by atomic mass is 79.9. The summed E-state index contributed by atoms with van der Waals surface area (Å²) in [6.45, 7) is 0. The summed E-state index contributed by atoms with van der Waals surface area (Å²) in [4.78, 5) is 0. The molecule has 4 N–H and O–H groups in total. The third-order valence-corrected chi connectivity index (χ3v) is 2.00. The standard InChI is InChI=1S/C9H6N4OS.BrH/c10-4-6(5-11)3-7-1-2-8(14-7)15-9(12)13;/h1-3H,(H3,12,13);1H. The van der Waals surface area contributed by atoms with E-state index in [4.69, 9.17) is 26.1 Å². The van der Waals surface area contributed by atoms with Gasteiger partial charge in [-0.15, -0.1) is 0 Å². The largest absolute Gasteiger partial charge is 1.00 e. The molecule has 0 radical (unpaired) electrons. The van der Waals surface area contributed by atoms with Crippen LogP contribution in [-0.4, -0.2) is 5.17 Å². The predicted octanol–water partition coefficient (Wildman–Crippen LogP) is -3.12. The smallest absolute Gasteiger partial charge is 0.307 e. The van der Waals surface area contributed by atoms with Gasteiger partial charge in [-0.25, -0.2) is 0 Å². The van der Waals surface area contributed by atoms with Crippen LogP contribution in [0.4, 0.5) is 0 Å². The van der Waals surface area contributed by atoms with Crippen LogP contribution in [-0.2, 0) is 0 Å². The second-order valence-electron chi connectivity index (χ2n) is 2.44. The number of amidine groups is 1. The molecular formula is C9H7BrN4OS. The van der Waals surface area contributed by atoms with E-state index in [1.807, 2.05) is 0 Å². The molecule has 1 heterocycles. The number of hydrogen-bond acceptors (Lipinski definition) is 4. The molecule has 82 valence electrons. The number of halogens is 1. The second-order valence-corrected chi connectivity index (χ2v) is 3.52. The van der Waals surface area contributed by atoms with Crippen LogP contribution in [0.2, 0.25) is 0 Å². The van der Waals surface area contributed by atoms with Gasteiger partial charge in [-0.3, -0.25) is 11.1 Å². The van der Waals surface area contributed by atoms with Gasteiger partial charge in [-0.05, 0) is 12.1 Å². The first-order valence-electron chi connectivity index (χ1n) is 3.83. The Labute approximate surface area is 107 Å². The van der Waals surface area contributed by atoms with Gasteiger partial charge in [0.25, 0.3) is 0 Å². The Morgan fingerprint density at radius 3 is 2.56 bits per heavy atom. The van der Waals surface area contributed by atoms with Gasteiger partial charge in [0.15, 0.2) is 5.09 Å². The minimum absolute atomic E-state index is 0. The number of hydrogen-bond donors (Lipinski definition) is 2. The fourth-order valence-electron chi connectivity index (χ4n) is 0.815. The molecule has 1 rings (SSSR count). The molecule has 16 heavy (non-hydrogen) atoms. The molecule has 0 aliphatic heterocycles. The lowest BCUT2D eigenvalue weighted by molar-refractivity contribution is -0.110. The maximum Gasteiger partial charge on any atom is 0.307 e. The van der Waals surface area contributed by atoms with Gasteiger partial charge in [0, 0.05) is 17.8 Å². The molecule has 0 fully saturated rings. The molecule has 7 heteroatoms. The molecule has 0 saturated heterocycles. The van der Waals surface area contributed by atoms with Gasteiger partial charge < -0.3 is 21.4 Å². The molecule has 0 saturated carbocycles. The van der Waals surface area contributed by atoms with Crippen molar-refractivity contribution in [2.24, 2.45) is 5.73 Å². The zero-order valence-electron chi connectivity index (χ0n) is 7.98. The number of thioether (sulfide) groups is 1. The summed E-state index contributed by atoms with van der Waals surface area (Å²) < 4.78 is 5.23. The van der Waals surface area contributed by atoms with Gasteiger partial charge in [-0.1, -0.05) is 0 Å². The lowest BCUT2D eigenvalue weighted by atomic mass is 10.3. The number of furan rings is 1. The van der Waals surface area contributed by atoms with Gasteiger partial charge in [0.2, 0.25) is 0 Å². The number of nitriles is 2. The van der Waals surface area contributed by atoms with Crippen LogP contribution in [0.5, 0.6) is 0 Å². The maximum absolute atomic E-state index is 8.51. The summed E-state index contributed by atoms with van der Waals surface area (Å²) in [6.07, 6.45) is 1.34. The monoisotopic (exact) mass is 298 g/mol. The summed E-state index contributed by atoms with van der Waals surface area (Å²) in [7, 11) is 0. The zero-order chi connectivity index (χ0) is 11.3. The third kappa shape index (κ3) is 4.22. The van der Waals surface area contributed by atoms with Crippen LogP contribution in [0, 0.1) is 22.7 Å². The summed E-state index contributed by atoms with van der Waals surface area (Å²) in [6, 6.07) is 6.74. The van der Waals surface area contributed by atoms with Crippen LogP contribution in [0.3, 0.4) is 0 Å². The van der Waals surface area contributed by atoms with Crippen molar-refractivity contribution in [2.45, 2.75) is 5.09 Å². The molecule has 0 atom stereocenters.